The van der Waals surface area contributed by atoms with Gasteiger partial charge in [0.25, 0.3) is 19.3 Å². The molecule has 0 aromatic carbocycles. The van der Waals surface area contributed by atoms with Crippen LogP contribution in [0.15, 0.2) is 0 Å². The smallest absolute Gasteiger partial charge is 0.473 e. The van der Waals surface area contributed by atoms with Gasteiger partial charge < -0.3 is 28.2 Å². The number of hydrogen-bond donors (Lipinski definition) is 0. The SMILES string of the molecule is COCCCn1nc(C(F)F)c(F)c1OB(Oc1c(F)c(C(F)F)nn1CCCOC)Oc1c(F)c(C(F)F)nn1CCCOC. The molecule has 0 N–H and O–H groups in total. The first-order valence-electron chi connectivity index (χ1n) is 13.5. The van der Waals surface area contributed by atoms with Gasteiger partial charge >= 0.3 is 7.32 Å². The highest BCUT2D eigenvalue weighted by molar-refractivity contribution is 6.39. The van der Waals surface area contributed by atoms with Gasteiger partial charge in [-0.2, -0.15) is 28.5 Å². The van der Waals surface area contributed by atoms with Crippen molar-refractivity contribution in [3.63, 3.8) is 0 Å². The molecule has 3 aromatic heterocycles. The lowest BCUT2D eigenvalue weighted by atomic mass is 10.2. The number of nitrogens with zero attached hydrogens (tertiary/aromatic N) is 6. The summed E-state index contributed by atoms with van der Waals surface area (Å²) in [5, 5.41) is 10.4. The van der Waals surface area contributed by atoms with Crippen LogP contribution in [-0.2, 0) is 33.8 Å². The normalized spacial score (nSPS) is 11.8. The summed E-state index contributed by atoms with van der Waals surface area (Å²) in [6.07, 6.45) is -10.1. The molecule has 0 spiro atoms. The van der Waals surface area contributed by atoms with Crippen LogP contribution >= 0.6 is 0 Å². The largest absolute Gasteiger partial charge is 0.867 e. The topological polar surface area (TPSA) is 109 Å². The van der Waals surface area contributed by atoms with Gasteiger partial charge in [0.05, 0.1) is 0 Å². The van der Waals surface area contributed by atoms with Gasteiger partial charge in [-0.3, -0.25) is 0 Å². The van der Waals surface area contributed by atoms with Gasteiger partial charge in [-0.25, -0.2) is 40.4 Å². The van der Waals surface area contributed by atoms with Gasteiger partial charge in [-0.15, -0.1) is 0 Å². The first-order valence-corrected chi connectivity index (χ1v) is 13.5. The Labute approximate surface area is 256 Å². The van der Waals surface area contributed by atoms with E-state index in [1.165, 1.54) is 21.3 Å². The van der Waals surface area contributed by atoms with Crippen LogP contribution in [0.3, 0.4) is 0 Å². The first-order chi connectivity index (χ1) is 21.9. The lowest BCUT2D eigenvalue weighted by Gasteiger charge is -2.18. The summed E-state index contributed by atoms with van der Waals surface area (Å²) in [6, 6.07) is 0. The van der Waals surface area contributed by atoms with Crippen LogP contribution < -0.4 is 14.0 Å². The van der Waals surface area contributed by atoms with Gasteiger partial charge in [0.15, 0.2) is 17.1 Å². The average molecular weight is 680 g/mol. The summed E-state index contributed by atoms with van der Waals surface area (Å²) in [5.41, 5.74) is -4.13. The van der Waals surface area contributed by atoms with Gasteiger partial charge in [0, 0.05) is 60.8 Å². The third kappa shape index (κ3) is 8.99. The van der Waals surface area contributed by atoms with Crippen molar-refractivity contribution in [1.29, 1.82) is 0 Å². The molecule has 3 aromatic rings. The van der Waals surface area contributed by atoms with Crippen LogP contribution in [0.25, 0.3) is 0 Å². The van der Waals surface area contributed by atoms with E-state index >= 15 is 13.2 Å². The van der Waals surface area contributed by atoms with Crippen molar-refractivity contribution in [2.24, 2.45) is 0 Å². The molecule has 0 atom stereocenters. The molecule has 12 nitrogen and oxygen atoms in total. The van der Waals surface area contributed by atoms with E-state index in [2.05, 4.69) is 15.3 Å². The lowest BCUT2D eigenvalue weighted by molar-refractivity contribution is 0.139. The van der Waals surface area contributed by atoms with Crippen LogP contribution in [0.1, 0.15) is 55.6 Å². The van der Waals surface area contributed by atoms with Gasteiger partial charge in [0.2, 0.25) is 35.1 Å². The monoisotopic (exact) mass is 680 g/mol. The van der Waals surface area contributed by atoms with Gasteiger partial charge in [-0.05, 0) is 19.3 Å². The summed E-state index contributed by atoms with van der Waals surface area (Å²) in [7, 11) is 1.38. The Morgan fingerprint density at radius 3 is 1.00 bits per heavy atom. The summed E-state index contributed by atoms with van der Waals surface area (Å²) in [6.45, 7) is -0.699. The van der Waals surface area contributed by atoms with Crippen molar-refractivity contribution in [3.8, 4) is 17.6 Å². The highest BCUT2D eigenvalue weighted by Gasteiger charge is 2.41. The third-order valence-electron chi connectivity index (χ3n) is 6.03. The molecule has 0 saturated heterocycles. The van der Waals surface area contributed by atoms with Crippen molar-refractivity contribution in [3.05, 3.63) is 34.5 Å². The lowest BCUT2D eigenvalue weighted by Crippen LogP contribution is -2.39. The van der Waals surface area contributed by atoms with E-state index < -0.39 is 78.8 Å². The second kappa shape index (κ2) is 17.3. The minimum absolute atomic E-state index is 0.0614. The van der Waals surface area contributed by atoms with E-state index in [9.17, 15) is 26.3 Å². The maximum atomic E-state index is 15.2. The van der Waals surface area contributed by atoms with Crippen LogP contribution in [0.4, 0.5) is 39.5 Å². The molecule has 22 heteroatoms. The quantitative estimate of drug-likeness (QED) is 0.0859. The predicted molar refractivity (Wildman–Crippen MR) is 139 cm³/mol. The standard InChI is InChI=1S/C24H30BF9N6O6/c1-41-10-4-7-38-22(13(26)16(35-38)19(29)30)44-25(45-23-14(27)17(20(31)32)36-39(23)8-5-11-42-2)46-24-15(28)18(21(33)34)37-40(24)9-6-12-43-3/h19-21H,4-12H2,1-3H3. The van der Waals surface area contributed by atoms with Crippen molar-refractivity contribution in [2.75, 3.05) is 41.2 Å². The molecule has 0 saturated carbocycles. The molecule has 3 rings (SSSR count). The highest BCUT2D eigenvalue weighted by atomic mass is 19.3. The van der Waals surface area contributed by atoms with E-state index in [4.69, 9.17) is 28.2 Å². The molecule has 0 radical (unpaired) electrons. The maximum absolute atomic E-state index is 15.2. The Balaban J connectivity index is 2.14. The molecule has 0 amide bonds. The Kier molecular flexibility index (Phi) is 13.9. The molecule has 3 heterocycles. The third-order valence-corrected chi connectivity index (χ3v) is 6.03. The predicted octanol–water partition coefficient (Wildman–Crippen LogP) is 5.14. The fourth-order valence-electron chi connectivity index (χ4n) is 3.96. The van der Waals surface area contributed by atoms with E-state index in [-0.39, 0.29) is 58.7 Å². The Hall–Kier alpha value is -3.66. The van der Waals surface area contributed by atoms with E-state index in [0.29, 0.717) is 14.0 Å². The first kappa shape index (κ1) is 36.8. The second-order valence-electron chi connectivity index (χ2n) is 9.27. The molecule has 0 bridgehead atoms. The summed E-state index contributed by atoms with van der Waals surface area (Å²) >= 11 is 0. The molecule has 0 fully saturated rings. The number of halogens is 9. The number of methoxy groups -OCH3 is 3. The zero-order valence-electron chi connectivity index (χ0n) is 24.7. The summed E-state index contributed by atoms with van der Waals surface area (Å²) < 4.78 is 159. The van der Waals surface area contributed by atoms with Crippen molar-refractivity contribution in [1.82, 2.24) is 29.3 Å². The zero-order valence-corrected chi connectivity index (χ0v) is 24.7. The maximum Gasteiger partial charge on any atom is 0.867 e. The number of ether oxygens (including phenoxy) is 3. The zero-order chi connectivity index (χ0) is 34.0. The molecule has 258 valence electrons. The number of aryl methyl sites for hydroxylation is 3. The molecule has 0 aliphatic carbocycles. The fourth-order valence-corrected chi connectivity index (χ4v) is 3.96. The number of rotatable bonds is 21. The van der Waals surface area contributed by atoms with Gasteiger partial charge in [-0.1, -0.05) is 0 Å². The molecular weight excluding hydrogens is 650 g/mol. The van der Waals surface area contributed by atoms with Crippen molar-refractivity contribution in [2.45, 2.75) is 58.2 Å². The number of alkyl halides is 6. The van der Waals surface area contributed by atoms with E-state index in [1.54, 1.807) is 0 Å². The molecule has 46 heavy (non-hydrogen) atoms. The highest BCUT2D eigenvalue weighted by Crippen LogP contribution is 2.33. The van der Waals surface area contributed by atoms with Crippen LogP contribution in [0.2, 0.25) is 0 Å². The second-order valence-corrected chi connectivity index (χ2v) is 9.27. The summed E-state index contributed by atoms with van der Waals surface area (Å²) in [4.78, 5) is 0. The Bertz CT molecular complexity index is 1230. The Morgan fingerprint density at radius 2 is 0.783 bits per heavy atom. The van der Waals surface area contributed by atoms with Crippen molar-refractivity contribution < 1.29 is 67.7 Å². The van der Waals surface area contributed by atoms with Crippen molar-refractivity contribution >= 4 is 7.32 Å². The van der Waals surface area contributed by atoms with Crippen LogP contribution in [-0.4, -0.2) is 77.8 Å². The average Bonchev–Trinajstić information content (AvgIpc) is 3.60. The summed E-state index contributed by atoms with van der Waals surface area (Å²) in [5.74, 6) is -8.44. The fraction of sp³-hybridized carbons (Fsp3) is 0.625. The molecular formula is C24H30BF9N6O6. The van der Waals surface area contributed by atoms with E-state index in [1.807, 2.05) is 0 Å². The minimum atomic E-state index is -3.45. The van der Waals surface area contributed by atoms with E-state index in [0.717, 1.165) is 0 Å². The molecule has 0 aliphatic heterocycles. The minimum Gasteiger partial charge on any atom is -0.473 e. The van der Waals surface area contributed by atoms with Crippen LogP contribution in [0.5, 0.6) is 17.6 Å². The molecule has 0 aliphatic rings. The number of hydrogen-bond acceptors (Lipinski definition) is 9. The Morgan fingerprint density at radius 1 is 0.522 bits per heavy atom. The van der Waals surface area contributed by atoms with Crippen LogP contribution in [0, 0.1) is 17.5 Å². The molecule has 0 unspecified atom stereocenters. The van der Waals surface area contributed by atoms with Gasteiger partial charge in [0.1, 0.15) is 0 Å². The number of aromatic nitrogens is 6.